The molecular formula is C113H98N14OPt3. The van der Waals surface area contributed by atoms with E-state index in [1.807, 2.05) is 105 Å². The van der Waals surface area contributed by atoms with Crippen molar-refractivity contribution in [1.29, 1.82) is 0 Å². The number of benzene rings is 13. The Morgan fingerprint density at radius 1 is 0.374 bits per heavy atom. The molecule has 0 saturated carbocycles. The Kier molecular flexibility index (Phi) is 28.4. The third-order valence-corrected chi connectivity index (χ3v) is 23.4. The van der Waals surface area contributed by atoms with Crippen molar-refractivity contribution in [3.8, 4) is 108 Å². The summed E-state index contributed by atoms with van der Waals surface area (Å²) in [6.07, 6.45) is 16.9. The standard InChI is InChI=1S/C44H41N5.C35H29N5.C34H28N4O.3Pt/c1-30(2)38-24-15-25-39(31(3)4)43(38)47-27-40(45-29-47)35-20-14-23-37(26-35)49(36-21-11-8-12-22-36)41-28-48(42-32(5)16-13-17-33(42)6)44(46-41)34-18-9-7-10-19-34;1-23-16-24(2)34(25(3)17-23)39-22-32-27-11-8-10-26(18-27)19-33-36-31(21-38(33)4)28-12-9-15-30(20-28)40(35(39)37-32)29-13-6-5-7-14-29;1-23-11-8-12-24(2)32(23)37-20-30(35-22-37)28-17-10-18-29(19-28)39-31-21-38(33-25(3)13-9-14-26(33)4)34(36-31)27-15-6-5-7-16-27;;;/h7-18,20-25,27-31H,1-6H3;5-17,21-22H,19H2,1-4H3;5-15,17-18,20-22H,1-4H3;;;/q3*-2;3*+2. The smallest absolute Gasteiger partial charge is 0.459 e. The zero-order chi connectivity index (χ0) is 88.4. The fourth-order valence-electron chi connectivity index (χ4n) is 17.5. The number of nitrogens with zero attached hydrogens (tertiary/aromatic N) is 14. The Hall–Kier alpha value is -13.4. The maximum atomic E-state index is 6.28. The molecule has 131 heavy (non-hydrogen) atoms. The first-order valence-electron chi connectivity index (χ1n) is 43.4. The quantitative estimate of drug-likeness (QED) is 0.0820. The van der Waals surface area contributed by atoms with Crippen molar-refractivity contribution < 1.29 is 67.9 Å². The van der Waals surface area contributed by atoms with E-state index in [1.54, 1.807) is 0 Å². The summed E-state index contributed by atoms with van der Waals surface area (Å²) in [6, 6.07) is 112. The van der Waals surface area contributed by atoms with Crippen molar-refractivity contribution in [2.24, 2.45) is 7.05 Å². The number of aromatic nitrogens is 12. The largest absolute Gasteiger partial charge is 2.00 e. The second kappa shape index (κ2) is 40.3. The first kappa shape index (κ1) is 92.3. The molecule has 0 aliphatic carbocycles. The van der Waals surface area contributed by atoms with Crippen molar-refractivity contribution in [3.05, 3.63) is 426 Å². The third kappa shape index (κ3) is 19.4. The van der Waals surface area contributed by atoms with Gasteiger partial charge in [-0.3, -0.25) is 34.4 Å². The maximum absolute atomic E-state index is 6.28. The van der Waals surface area contributed by atoms with Crippen LogP contribution in [0, 0.1) is 98.7 Å². The Balaban J connectivity index is 0.000000150. The number of imidazole rings is 6. The van der Waals surface area contributed by atoms with Crippen LogP contribution in [0.2, 0.25) is 0 Å². The van der Waals surface area contributed by atoms with E-state index >= 15 is 0 Å². The number of rotatable bonds is 17. The van der Waals surface area contributed by atoms with Gasteiger partial charge in [0.2, 0.25) is 11.8 Å². The maximum Gasteiger partial charge on any atom is 2.00 e. The SMILES string of the molecule is Cc1cc(C)c(-n2cc3nc2N(c2ccccc2)c2[c-]c(ccc2)-c2cn(C)c(n2)Cc2[c-]c-3ccc2)c(C)c1.Cc1cccc(C)c1-n1cc(N(c2[c-]c(-c3cn(-c4c(C(C)C)cccc4C(C)C)cn3)ccc2)c2ccccc2)nc1-c1[c-]cccc1.Cc1cccc(C)c1-n1cnc(-c2[c-]c(Oc3cn(-c4c(C)cccc4C)c(-c4[c-]cccc4)n3)ccc2)c1.[Pt+2].[Pt+2].[Pt+2]. The van der Waals surface area contributed by atoms with E-state index in [0.717, 1.165) is 148 Å². The summed E-state index contributed by atoms with van der Waals surface area (Å²) in [6.45, 7) is 28.2. The zero-order valence-corrected chi connectivity index (χ0v) is 82.3. The molecular weight excluding hydrogens is 2150 g/mol. The number of ether oxygens (including phenoxy) is 1. The molecule has 1 aliphatic rings. The number of hydrogen-bond acceptors (Lipinski definition) is 9. The van der Waals surface area contributed by atoms with E-state index in [9.17, 15) is 0 Å². The van der Waals surface area contributed by atoms with E-state index in [0.29, 0.717) is 29.9 Å². The van der Waals surface area contributed by atoms with E-state index in [4.69, 9.17) is 29.7 Å². The van der Waals surface area contributed by atoms with Gasteiger partial charge in [0, 0.05) is 70.9 Å². The summed E-state index contributed by atoms with van der Waals surface area (Å²) in [4.78, 5) is 34.4. The average Bonchev–Trinajstić information content (AvgIpc) is 1.62. The molecule has 0 saturated heterocycles. The second-order valence-corrected chi connectivity index (χ2v) is 33.5. The molecule has 0 N–H and O–H groups in total. The molecule has 6 aromatic heterocycles. The van der Waals surface area contributed by atoms with Crippen LogP contribution in [0.5, 0.6) is 11.6 Å². The molecule has 656 valence electrons. The van der Waals surface area contributed by atoms with Crippen molar-refractivity contribution >= 4 is 34.5 Å². The molecule has 7 heterocycles. The molecule has 0 atom stereocenters. The Morgan fingerprint density at radius 2 is 0.847 bits per heavy atom. The van der Waals surface area contributed by atoms with Crippen LogP contribution in [-0.4, -0.2) is 57.3 Å². The van der Waals surface area contributed by atoms with Crippen LogP contribution in [0.1, 0.15) is 112 Å². The van der Waals surface area contributed by atoms with Gasteiger partial charge in [-0.25, -0.2) is 4.98 Å². The van der Waals surface area contributed by atoms with E-state index < -0.39 is 0 Å². The van der Waals surface area contributed by atoms with Crippen molar-refractivity contribution in [2.75, 3.05) is 9.80 Å². The molecule has 1 aliphatic heterocycles. The van der Waals surface area contributed by atoms with Crippen LogP contribution in [-0.2, 0) is 76.7 Å². The summed E-state index contributed by atoms with van der Waals surface area (Å²) < 4.78 is 19.1. The van der Waals surface area contributed by atoms with Crippen LogP contribution >= 0.6 is 0 Å². The first-order chi connectivity index (χ1) is 62.2. The average molecular weight is 2250 g/mol. The molecule has 20 rings (SSSR count). The molecule has 0 unspecified atom stereocenters. The molecule has 8 bridgehead atoms. The van der Waals surface area contributed by atoms with Crippen molar-refractivity contribution in [1.82, 2.24) is 57.3 Å². The Morgan fingerprint density at radius 3 is 1.43 bits per heavy atom. The van der Waals surface area contributed by atoms with Crippen LogP contribution in [0.15, 0.2) is 317 Å². The molecule has 19 aromatic rings. The number of fused-ring (bicyclic) bond motifs is 10. The normalized spacial score (nSPS) is 11.3. The molecule has 0 amide bonds. The molecule has 0 fully saturated rings. The number of anilines is 6. The topological polar surface area (TPSA) is 123 Å². The molecule has 0 radical (unpaired) electrons. The van der Waals surface area contributed by atoms with Gasteiger partial charge >= 0.3 is 63.2 Å². The monoisotopic (exact) mass is 2250 g/mol. The van der Waals surface area contributed by atoms with Crippen LogP contribution < -0.4 is 14.5 Å². The van der Waals surface area contributed by atoms with Gasteiger partial charge in [0.25, 0.3) is 0 Å². The van der Waals surface area contributed by atoms with Gasteiger partial charge in [-0.2, -0.15) is 0 Å². The molecule has 15 nitrogen and oxygen atoms in total. The molecule has 18 heteroatoms. The Labute approximate surface area is 811 Å². The van der Waals surface area contributed by atoms with Gasteiger partial charge in [-0.1, -0.05) is 161 Å². The summed E-state index contributed by atoms with van der Waals surface area (Å²) in [5.74, 6) is 5.99. The number of para-hydroxylation sites is 6. The fraction of sp³-hybridized carbons (Fsp3) is 0.150. The van der Waals surface area contributed by atoms with Crippen molar-refractivity contribution in [3.63, 3.8) is 0 Å². The number of aryl methyl sites for hydroxylation is 10. The van der Waals surface area contributed by atoms with E-state index in [2.05, 4.69) is 388 Å². The van der Waals surface area contributed by atoms with Gasteiger partial charge < -0.3 is 32.5 Å². The van der Waals surface area contributed by atoms with Gasteiger partial charge in [0.05, 0.1) is 47.6 Å². The summed E-state index contributed by atoms with van der Waals surface area (Å²) in [7, 11) is 2.05. The van der Waals surface area contributed by atoms with Gasteiger partial charge in [0.15, 0.2) is 0 Å². The predicted molar refractivity (Wildman–Crippen MR) is 517 cm³/mol. The third-order valence-electron chi connectivity index (χ3n) is 23.4. The summed E-state index contributed by atoms with van der Waals surface area (Å²) in [5, 5.41) is 0. The zero-order valence-electron chi connectivity index (χ0n) is 75.5. The van der Waals surface area contributed by atoms with E-state index in [-0.39, 0.29) is 63.2 Å². The van der Waals surface area contributed by atoms with Gasteiger partial charge in [-0.15, -0.1) is 191 Å². The minimum atomic E-state index is 0. The second-order valence-electron chi connectivity index (χ2n) is 33.5. The Bertz CT molecular complexity index is 7130. The van der Waals surface area contributed by atoms with Crippen LogP contribution in [0.25, 0.3) is 96.2 Å². The van der Waals surface area contributed by atoms with Crippen LogP contribution in [0.3, 0.4) is 0 Å². The minimum absolute atomic E-state index is 0. The first-order valence-corrected chi connectivity index (χ1v) is 43.4. The molecule has 13 aromatic carbocycles. The fourth-order valence-corrected chi connectivity index (χ4v) is 17.5. The minimum Gasteiger partial charge on any atom is -0.459 e. The van der Waals surface area contributed by atoms with E-state index in [1.165, 1.54) is 55.8 Å². The molecule has 0 spiro atoms. The summed E-state index contributed by atoms with van der Waals surface area (Å²) >= 11 is 0. The summed E-state index contributed by atoms with van der Waals surface area (Å²) in [5.41, 5.74) is 32.8. The van der Waals surface area contributed by atoms with Gasteiger partial charge in [-0.05, 0) is 190 Å². The predicted octanol–water partition coefficient (Wildman–Crippen LogP) is 27.2. The van der Waals surface area contributed by atoms with Crippen LogP contribution in [0.4, 0.5) is 34.5 Å². The van der Waals surface area contributed by atoms with Gasteiger partial charge in [0.1, 0.15) is 11.6 Å². The van der Waals surface area contributed by atoms with Crippen molar-refractivity contribution in [2.45, 2.75) is 108 Å². The number of hydrogen-bond donors (Lipinski definition) is 0.